The van der Waals surface area contributed by atoms with Gasteiger partial charge in [-0.25, -0.2) is 0 Å². The van der Waals surface area contributed by atoms with Crippen LogP contribution in [0.25, 0.3) is 17.2 Å². The van der Waals surface area contributed by atoms with Crippen LogP contribution >= 0.6 is 0 Å². The van der Waals surface area contributed by atoms with Crippen LogP contribution < -0.4 is 4.74 Å². The van der Waals surface area contributed by atoms with Crippen molar-refractivity contribution in [2.24, 2.45) is 0 Å². The number of hydrogen-bond donors (Lipinski definition) is 1. The lowest BCUT2D eigenvalue weighted by Gasteiger charge is -2.08. The van der Waals surface area contributed by atoms with Crippen molar-refractivity contribution in [1.29, 1.82) is 0 Å². The normalized spacial score (nSPS) is 14.1. The number of ether oxygens (including phenoxy) is 1. The second-order valence-electron chi connectivity index (χ2n) is 7.63. The molecule has 0 bridgehead atoms. The molecule has 3 nitrogen and oxygen atoms in total. The summed E-state index contributed by atoms with van der Waals surface area (Å²) in [5.41, 5.74) is 8.38. The summed E-state index contributed by atoms with van der Waals surface area (Å²) in [6.07, 6.45) is 2.15. The Morgan fingerprint density at radius 1 is 0.933 bits per heavy atom. The van der Waals surface area contributed by atoms with E-state index in [1.807, 2.05) is 68.4 Å². The Balaban J connectivity index is 1.66. The van der Waals surface area contributed by atoms with Gasteiger partial charge in [0, 0.05) is 0 Å². The van der Waals surface area contributed by atoms with Crippen molar-refractivity contribution in [3.63, 3.8) is 0 Å². The van der Waals surface area contributed by atoms with E-state index < -0.39 is 5.97 Å². The van der Waals surface area contributed by atoms with Crippen LogP contribution in [-0.2, 0) is 11.4 Å². The minimum atomic E-state index is -0.811. The average Bonchev–Trinajstić information content (AvgIpc) is 2.98. The van der Waals surface area contributed by atoms with Crippen molar-refractivity contribution in [1.82, 2.24) is 0 Å². The van der Waals surface area contributed by atoms with E-state index in [9.17, 15) is 9.90 Å². The van der Waals surface area contributed by atoms with E-state index in [0.717, 1.165) is 50.3 Å². The third-order valence-corrected chi connectivity index (χ3v) is 5.39. The van der Waals surface area contributed by atoms with E-state index in [2.05, 4.69) is 24.3 Å². The highest BCUT2D eigenvalue weighted by molar-refractivity contribution is 6.07. The fourth-order valence-corrected chi connectivity index (χ4v) is 3.88. The first-order valence-electron chi connectivity index (χ1n) is 10.0. The molecule has 1 aliphatic carbocycles. The van der Waals surface area contributed by atoms with Crippen molar-refractivity contribution in [2.75, 3.05) is 0 Å². The van der Waals surface area contributed by atoms with Crippen LogP contribution in [-0.4, -0.2) is 11.1 Å². The van der Waals surface area contributed by atoms with Crippen molar-refractivity contribution < 1.29 is 14.6 Å². The third-order valence-electron chi connectivity index (χ3n) is 5.39. The van der Waals surface area contributed by atoms with Gasteiger partial charge in [0.1, 0.15) is 12.4 Å². The molecule has 0 saturated carbocycles. The lowest BCUT2D eigenvalue weighted by Crippen LogP contribution is -1.97. The zero-order chi connectivity index (χ0) is 21.1. The molecule has 30 heavy (non-hydrogen) atoms. The Labute approximate surface area is 177 Å². The Morgan fingerprint density at radius 2 is 1.73 bits per heavy atom. The minimum absolute atomic E-state index is 0.0276. The SMILES string of the molecule is CC1=C(CC(=O)O)c2cc(C)ccc2/C1=C\c1cccc(OCc2ccccc2)c1. The highest BCUT2D eigenvalue weighted by atomic mass is 16.5. The van der Waals surface area contributed by atoms with Gasteiger partial charge in [0.15, 0.2) is 0 Å². The predicted octanol–water partition coefficient (Wildman–Crippen LogP) is 6.38. The van der Waals surface area contributed by atoms with Gasteiger partial charge in [-0.1, -0.05) is 66.2 Å². The number of carboxylic acids is 1. The Hall–Kier alpha value is -3.59. The monoisotopic (exact) mass is 396 g/mol. The summed E-state index contributed by atoms with van der Waals surface area (Å²) < 4.78 is 5.96. The molecule has 0 heterocycles. The van der Waals surface area contributed by atoms with Gasteiger partial charge < -0.3 is 9.84 Å². The number of aliphatic carboxylic acids is 1. The third kappa shape index (κ3) is 4.20. The maximum absolute atomic E-state index is 11.4. The number of aryl methyl sites for hydroxylation is 1. The van der Waals surface area contributed by atoms with E-state index in [4.69, 9.17) is 4.74 Å². The molecule has 0 spiro atoms. The molecule has 1 N–H and O–H groups in total. The molecule has 3 heteroatoms. The van der Waals surface area contributed by atoms with E-state index in [-0.39, 0.29) is 6.42 Å². The number of benzene rings is 3. The van der Waals surface area contributed by atoms with Gasteiger partial charge >= 0.3 is 5.97 Å². The fourth-order valence-electron chi connectivity index (χ4n) is 3.88. The summed E-state index contributed by atoms with van der Waals surface area (Å²) in [5.74, 6) is -0.00270. The molecular weight excluding hydrogens is 372 g/mol. The van der Waals surface area contributed by atoms with Crippen LogP contribution in [0.3, 0.4) is 0 Å². The van der Waals surface area contributed by atoms with Crippen molar-refractivity contribution in [3.8, 4) is 5.75 Å². The Bertz CT molecular complexity index is 1150. The molecule has 0 fully saturated rings. The molecule has 0 radical (unpaired) electrons. The van der Waals surface area contributed by atoms with E-state index in [0.29, 0.717) is 6.61 Å². The standard InChI is InChI=1S/C27H24O3/c1-18-11-12-23-24(19(2)25(16-27(28)29)26(23)13-18)15-21-9-6-10-22(14-21)30-17-20-7-4-3-5-8-20/h3-15H,16-17H2,1-2H3,(H,28,29)/b24-15-. The summed E-state index contributed by atoms with van der Waals surface area (Å²) in [7, 11) is 0. The van der Waals surface area contributed by atoms with Crippen LogP contribution in [0, 0.1) is 6.92 Å². The van der Waals surface area contributed by atoms with Gasteiger partial charge in [0.2, 0.25) is 0 Å². The largest absolute Gasteiger partial charge is 0.489 e. The van der Waals surface area contributed by atoms with Gasteiger partial charge in [-0.15, -0.1) is 0 Å². The molecule has 0 aromatic heterocycles. The van der Waals surface area contributed by atoms with Gasteiger partial charge in [-0.3, -0.25) is 4.79 Å². The van der Waals surface area contributed by atoms with E-state index >= 15 is 0 Å². The van der Waals surface area contributed by atoms with Crippen molar-refractivity contribution >= 4 is 23.2 Å². The zero-order valence-electron chi connectivity index (χ0n) is 17.2. The van der Waals surface area contributed by atoms with Gasteiger partial charge in [0.05, 0.1) is 6.42 Å². The molecule has 0 unspecified atom stereocenters. The van der Waals surface area contributed by atoms with Crippen LogP contribution in [0.1, 0.15) is 41.2 Å². The predicted molar refractivity (Wildman–Crippen MR) is 121 cm³/mol. The number of carboxylic acid groups (broad SMARTS) is 1. The highest BCUT2D eigenvalue weighted by Gasteiger charge is 2.25. The van der Waals surface area contributed by atoms with Crippen LogP contribution in [0.4, 0.5) is 0 Å². The molecule has 3 aromatic carbocycles. The summed E-state index contributed by atoms with van der Waals surface area (Å²) in [6.45, 7) is 4.56. The first kappa shape index (κ1) is 19.7. The molecule has 3 aromatic rings. The fraction of sp³-hybridized carbons (Fsp3) is 0.148. The van der Waals surface area contributed by atoms with Gasteiger partial charge in [0.25, 0.3) is 0 Å². The molecule has 0 amide bonds. The molecule has 150 valence electrons. The van der Waals surface area contributed by atoms with Crippen molar-refractivity contribution in [2.45, 2.75) is 26.9 Å². The minimum Gasteiger partial charge on any atom is -0.489 e. The van der Waals surface area contributed by atoms with E-state index in [1.54, 1.807) is 0 Å². The number of rotatable bonds is 6. The quantitative estimate of drug-likeness (QED) is 0.526. The van der Waals surface area contributed by atoms with Gasteiger partial charge in [-0.2, -0.15) is 0 Å². The van der Waals surface area contributed by atoms with Crippen LogP contribution in [0.15, 0.2) is 78.4 Å². The average molecular weight is 396 g/mol. The number of hydrogen-bond acceptors (Lipinski definition) is 2. The molecule has 0 aliphatic heterocycles. The number of allylic oxidation sites excluding steroid dienone is 2. The maximum atomic E-state index is 11.4. The lowest BCUT2D eigenvalue weighted by atomic mass is 9.99. The summed E-state index contributed by atoms with van der Waals surface area (Å²) in [5, 5.41) is 9.38. The Morgan fingerprint density at radius 3 is 2.50 bits per heavy atom. The topological polar surface area (TPSA) is 46.5 Å². The smallest absolute Gasteiger partial charge is 0.307 e. The lowest BCUT2D eigenvalue weighted by molar-refractivity contribution is -0.135. The number of carbonyl (C=O) groups is 1. The maximum Gasteiger partial charge on any atom is 0.307 e. The Kier molecular flexibility index (Phi) is 5.53. The number of fused-ring (bicyclic) bond motifs is 1. The van der Waals surface area contributed by atoms with Crippen LogP contribution in [0.2, 0.25) is 0 Å². The first-order valence-corrected chi connectivity index (χ1v) is 10.0. The molecule has 4 rings (SSSR count). The van der Waals surface area contributed by atoms with Crippen molar-refractivity contribution in [3.05, 3.63) is 106 Å². The van der Waals surface area contributed by atoms with E-state index in [1.165, 1.54) is 0 Å². The first-order chi connectivity index (χ1) is 14.5. The molecule has 0 saturated heterocycles. The van der Waals surface area contributed by atoms with Gasteiger partial charge in [-0.05, 0) is 71.0 Å². The second-order valence-corrected chi connectivity index (χ2v) is 7.63. The van der Waals surface area contributed by atoms with Crippen LogP contribution in [0.5, 0.6) is 5.75 Å². The highest BCUT2D eigenvalue weighted by Crippen LogP contribution is 2.44. The summed E-state index contributed by atoms with van der Waals surface area (Å²) >= 11 is 0. The second kappa shape index (κ2) is 8.42. The molecule has 0 atom stereocenters. The molecular formula is C27H24O3. The summed E-state index contributed by atoms with van der Waals surface area (Å²) in [6, 6.07) is 24.3. The molecule has 1 aliphatic rings. The zero-order valence-corrected chi connectivity index (χ0v) is 17.2. The summed E-state index contributed by atoms with van der Waals surface area (Å²) in [4.78, 5) is 11.4.